The summed E-state index contributed by atoms with van der Waals surface area (Å²) in [6.45, 7) is 2.10. The first-order valence-corrected chi connectivity index (χ1v) is 7.93. The van der Waals surface area contributed by atoms with Crippen molar-refractivity contribution in [3.05, 3.63) is 36.7 Å². The number of imidazole rings is 1. The molecule has 0 spiro atoms. The quantitative estimate of drug-likeness (QED) is 0.555. The summed E-state index contributed by atoms with van der Waals surface area (Å²) in [5.41, 5.74) is 2.25. The lowest BCUT2D eigenvalue weighted by atomic mass is 10.1. The minimum atomic E-state index is -0.124. The van der Waals surface area contributed by atoms with Gasteiger partial charge >= 0.3 is 0 Å². The van der Waals surface area contributed by atoms with Crippen LogP contribution >= 0.6 is 12.6 Å². The van der Waals surface area contributed by atoms with E-state index in [1.807, 2.05) is 24.4 Å². The zero-order chi connectivity index (χ0) is 16.2. The molecule has 0 aliphatic rings. The number of nitrogens with zero attached hydrogens (tertiary/aromatic N) is 4. The first-order valence-electron chi connectivity index (χ1n) is 7.41. The predicted molar refractivity (Wildman–Crippen MR) is 91.1 cm³/mol. The summed E-state index contributed by atoms with van der Waals surface area (Å²) >= 11 is 4.42. The molecule has 7 heteroatoms. The lowest BCUT2D eigenvalue weighted by Crippen LogP contribution is -2.08. The van der Waals surface area contributed by atoms with Gasteiger partial charge in [-0.1, -0.05) is 18.6 Å². The fourth-order valence-electron chi connectivity index (χ4n) is 2.31. The maximum absolute atomic E-state index is 5.78. The molecule has 3 aromatic rings. The molecule has 0 aliphatic heterocycles. The number of rotatable bonds is 6. The molecule has 0 saturated heterocycles. The monoisotopic (exact) mass is 330 g/mol. The molecule has 3 rings (SSSR count). The minimum Gasteiger partial charge on any atom is -0.496 e. The van der Waals surface area contributed by atoms with Crippen LogP contribution in [0.15, 0.2) is 36.7 Å². The second-order valence-corrected chi connectivity index (χ2v) is 5.65. The summed E-state index contributed by atoms with van der Waals surface area (Å²) < 4.78 is 12.9. The van der Waals surface area contributed by atoms with Crippen molar-refractivity contribution in [3.63, 3.8) is 0 Å². The van der Waals surface area contributed by atoms with Crippen molar-refractivity contribution in [1.82, 2.24) is 19.8 Å². The summed E-state index contributed by atoms with van der Waals surface area (Å²) in [7, 11) is 1.63. The fraction of sp³-hybridized carbons (Fsp3) is 0.312. The van der Waals surface area contributed by atoms with Crippen molar-refractivity contribution < 1.29 is 9.47 Å². The number of aromatic nitrogens is 4. The Balaban J connectivity index is 1.93. The molecular weight excluding hydrogens is 312 g/mol. The number of ether oxygens (including phenoxy) is 2. The van der Waals surface area contributed by atoms with Gasteiger partial charge in [0.15, 0.2) is 5.65 Å². The number of fused-ring (bicyclic) bond motifs is 1. The van der Waals surface area contributed by atoms with Crippen LogP contribution in [-0.4, -0.2) is 32.4 Å². The van der Waals surface area contributed by atoms with Crippen molar-refractivity contribution in [2.24, 2.45) is 0 Å². The van der Waals surface area contributed by atoms with E-state index in [9.17, 15) is 0 Å². The SMILES string of the molecule is CCCC(S)Oc1ccc(-c2cn3nnccc3n2)c(OC)c1. The molecule has 2 heterocycles. The first kappa shape index (κ1) is 15.6. The number of methoxy groups -OCH3 is 1. The van der Waals surface area contributed by atoms with Crippen LogP contribution in [0.1, 0.15) is 19.8 Å². The third kappa shape index (κ3) is 3.39. The lowest BCUT2D eigenvalue weighted by molar-refractivity contribution is 0.276. The molecular formula is C16H18N4O2S. The standard InChI is InChI=1S/C16H18N4O2S/c1-3-4-16(23)22-11-5-6-12(14(9-11)21-2)13-10-20-15(18-13)7-8-17-19-20/h5-10,16,23H,3-4H2,1-2H3. The lowest BCUT2D eigenvalue weighted by Gasteiger charge is -2.14. The van der Waals surface area contributed by atoms with E-state index in [1.54, 1.807) is 23.9 Å². The summed E-state index contributed by atoms with van der Waals surface area (Å²) in [4.78, 5) is 4.54. The molecule has 0 amide bonds. The molecule has 23 heavy (non-hydrogen) atoms. The maximum atomic E-state index is 5.78. The molecule has 0 radical (unpaired) electrons. The molecule has 120 valence electrons. The molecule has 0 bridgehead atoms. The Labute approximate surface area is 139 Å². The molecule has 1 unspecified atom stereocenters. The van der Waals surface area contributed by atoms with Gasteiger partial charge in [0.1, 0.15) is 16.9 Å². The smallest absolute Gasteiger partial charge is 0.157 e. The summed E-state index contributed by atoms with van der Waals surface area (Å²) in [6.07, 6.45) is 5.34. The molecule has 6 nitrogen and oxygen atoms in total. The average Bonchev–Trinajstić information content (AvgIpc) is 2.98. The largest absolute Gasteiger partial charge is 0.496 e. The second kappa shape index (κ2) is 6.87. The first-order chi connectivity index (χ1) is 11.2. The van der Waals surface area contributed by atoms with Crippen LogP contribution in [0.2, 0.25) is 0 Å². The van der Waals surface area contributed by atoms with E-state index in [2.05, 4.69) is 34.8 Å². The third-order valence-corrected chi connectivity index (χ3v) is 3.77. The van der Waals surface area contributed by atoms with Gasteiger partial charge in [-0.15, -0.1) is 17.7 Å². The Morgan fingerprint density at radius 3 is 2.91 bits per heavy atom. The van der Waals surface area contributed by atoms with Crippen molar-refractivity contribution >= 4 is 18.3 Å². The van der Waals surface area contributed by atoms with E-state index in [-0.39, 0.29) is 5.44 Å². The van der Waals surface area contributed by atoms with E-state index in [0.717, 1.165) is 35.5 Å². The Kier molecular flexibility index (Phi) is 4.66. The van der Waals surface area contributed by atoms with Crippen LogP contribution in [0.4, 0.5) is 0 Å². The molecule has 1 aromatic carbocycles. The van der Waals surface area contributed by atoms with Gasteiger partial charge in [0.05, 0.1) is 25.2 Å². The highest BCUT2D eigenvalue weighted by Crippen LogP contribution is 2.33. The zero-order valence-corrected chi connectivity index (χ0v) is 13.9. The van der Waals surface area contributed by atoms with E-state index in [0.29, 0.717) is 5.75 Å². The third-order valence-electron chi connectivity index (χ3n) is 3.41. The topological polar surface area (TPSA) is 61.5 Å². The molecule has 0 fully saturated rings. The van der Waals surface area contributed by atoms with E-state index < -0.39 is 0 Å². The maximum Gasteiger partial charge on any atom is 0.157 e. The van der Waals surface area contributed by atoms with Crippen molar-refractivity contribution in [2.75, 3.05) is 7.11 Å². The Morgan fingerprint density at radius 1 is 1.30 bits per heavy atom. The number of hydrogen-bond acceptors (Lipinski definition) is 6. The van der Waals surface area contributed by atoms with Crippen LogP contribution in [0.25, 0.3) is 16.9 Å². The van der Waals surface area contributed by atoms with Crippen molar-refractivity contribution in [1.29, 1.82) is 0 Å². The van der Waals surface area contributed by atoms with Crippen molar-refractivity contribution in [3.8, 4) is 22.8 Å². The van der Waals surface area contributed by atoms with Crippen LogP contribution in [0.5, 0.6) is 11.5 Å². The van der Waals surface area contributed by atoms with Gasteiger partial charge < -0.3 is 9.47 Å². The minimum absolute atomic E-state index is 0.124. The second-order valence-electron chi connectivity index (χ2n) is 5.07. The van der Waals surface area contributed by atoms with Gasteiger partial charge in [0.25, 0.3) is 0 Å². The molecule has 0 aliphatic carbocycles. The van der Waals surface area contributed by atoms with Crippen LogP contribution in [0.3, 0.4) is 0 Å². The summed E-state index contributed by atoms with van der Waals surface area (Å²) in [5, 5.41) is 7.83. The predicted octanol–water partition coefficient (Wildman–Crippen LogP) is 3.23. The highest BCUT2D eigenvalue weighted by atomic mass is 32.1. The van der Waals surface area contributed by atoms with Crippen LogP contribution in [-0.2, 0) is 0 Å². The molecule has 0 saturated carbocycles. The number of benzene rings is 1. The summed E-state index contributed by atoms with van der Waals surface area (Å²) in [5.74, 6) is 1.42. The Morgan fingerprint density at radius 2 is 2.17 bits per heavy atom. The zero-order valence-electron chi connectivity index (χ0n) is 13.0. The number of thiol groups is 1. The summed E-state index contributed by atoms with van der Waals surface area (Å²) in [6, 6.07) is 7.48. The van der Waals surface area contributed by atoms with E-state index in [1.165, 1.54) is 0 Å². The molecule has 0 N–H and O–H groups in total. The number of hydrogen-bond donors (Lipinski definition) is 1. The van der Waals surface area contributed by atoms with Gasteiger partial charge in [-0.05, 0) is 18.6 Å². The van der Waals surface area contributed by atoms with Crippen LogP contribution in [0, 0.1) is 0 Å². The van der Waals surface area contributed by atoms with Crippen molar-refractivity contribution in [2.45, 2.75) is 25.2 Å². The van der Waals surface area contributed by atoms with E-state index in [4.69, 9.17) is 9.47 Å². The molecule has 2 aromatic heterocycles. The van der Waals surface area contributed by atoms with Gasteiger partial charge in [0, 0.05) is 17.7 Å². The van der Waals surface area contributed by atoms with Gasteiger partial charge in [-0.25, -0.2) is 9.50 Å². The van der Waals surface area contributed by atoms with E-state index >= 15 is 0 Å². The van der Waals surface area contributed by atoms with Gasteiger partial charge in [0.2, 0.25) is 0 Å². The average molecular weight is 330 g/mol. The molecule has 1 atom stereocenters. The van der Waals surface area contributed by atoms with Gasteiger partial charge in [-0.2, -0.15) is 0 Å². The van der Waals surface area contributed by atoms with Crippen LogP contribution < -0.4 is 9.47 Å². The fourth-order valence-corrected chi connectivity index (χ4v) is 2.69. The highest BCUT2D eigenvalue weighted by molar-refractivity contribution is 7.80. The normalized spacial score (nSPS) is 12.3. The Hall–Kier alpha value is -2.28. The Bertz CT molecular complexity index is 773. The highest BCUT2D eigenvalue weighted by Gasteiger charge is 2.13. The van der Waals surface area contributed by atoms with Gasteiger partial charge in [-0.3, -0.25) is 0 Å².